The number of carbonyl (C=O) groups is 2. The molecule has 0 bridgehead atoms. The lowest BCUT2D eigenvalue weighted by Crippen LogP contribution is -2.41. The first kappa shape index (κ1) is 23.6. The molecule has 1 atom stereocenters. The van der Waals surface area contributed by atoms with E-state index in [1.807, 2.05) is 72.7 Å². The van der Waals surface area contributed by atoms with E-state index >= 15 is 0 Å². The predicted molar refractivity (Wildman–Crippen MR) is 120 cm³/mol. The molecule has 7 nitrogen and oxygen atoms in total. The van der Waals surface area contributed by atoms with E-state index < -0.39 is 18.8 Å². The minimum Gasteiger partial charge on any atom is -0.444 e. The van der Waals surface area contributed by atoms with Gasteiger partial charge in [0.2, 0.25) is 5.91 Å². The van der Waals surface area contributed by atoms with Gasteiger partial charge in [0.05, 0.1) is 23.7 Å². The smallest absolute Gasteiger partial charge is 0.444 e. The molecule has 1 N–H and O–H groups in total. The van der Waals surface area contributed by atoms with Gasteiger partial charge in [-0.1, -0.05) is 24.3 Å². The van der Waals surface area contributed by atoms with Crippen LogP contribution < -0.4 is 10.8 Å². The molecule has 0 saturated carbocycles. The molecule has 0 aromatic heterocycles. The zero-order valence-corrected chi connectivity index (χ0v) is 19.8. The van der Waals surface area contributed by atoms with Gasteiger partial charge in [-0.3, -0.25) is 4.79 Å². The van der Waals surface area contributed by atoms with Crippen LogP contribution in [0.5, 0.6) is 0 Å². The summed E-state index contributed by atoms with van der Waals surface area (Å²) >= 11 is 0. The lowest BCUT2D eigenvalue weighted by molar-refractivity contribution is -0.129. The molecule has 2 amide bonds. The van der Waals surface area contributed by atoms with Crippen molar-refractivity contribution in [1.29, 1.82) is 0 Å². The number of nitrogens with zero attached hydrogens (tertiary/aromatic N) is 1. The highest BCUT2D eigenvalue weighted by Gasteiger charge is 2.51. The summed E-state index contributed by atoms with van der Waals surface area (Å²) in [5.41, 5.74) is 0.578. The Morgan fingerprint density at radius 3 is 2.26 bits per heavy atom. The van der Waals surface area contributed by atoms with Gasteiger partial charge in [-0.2, -0.15) is 0 Å². The highest BCUT2D eigenvalue weighted by Crippen LogP contribution is 2.36. The van der Waals surface area contributed by atoms with Gasteiger partial charge in [0.1, 0.15) is 5.60 Å². The molecule has 2 heterocycles. The molecule has 3 rings (SSSR count). The molecule has 2 aliphatic heterocycles. The van der Waals surface area contributed by atoms with Crippen LogP contribution in [0.4, 0.5) is 4.79 Å². The predicted octanol–water partition coefficient (Wildman–Crippen LogP) is 2.65. The summed E-state index contributed by atoms with van der Waals surface area (Å²) in [6.07, 6.45) is 0.611. The van der Waals surface area contributed by atoms with Crippen molar-refractivity contribution in [2.75, 3.05) is 13.1 Å². The van der Waals surface area contributed by atoms with E-state index in [9.17, 15) is 9.59 Å². The molecule has 8 heteroatoms. The van der Waals surface area contributed by atoms with Crippen molar-refractivity contribution in [1.82, 2.24) is 10.2 Å². The number of hydrogen-bond acceptors (Lipinski definition) is 5. The maximum atomic E-state index is 12.7. The van der Waals surface area contributed by atoms with Gasteiger partial charge in [-0.25, -0.2) is 4.79 Å². The number of ether oxygens (including phenoxy) is 1. The summed E-state index contributed by atoms with van der Waals surface area (Å²) in [6.45, 7) is 14.7. The maximum Gasteiger partial charge on any atom is 0.494 e. The normalized spacial score (nSPS) is 22.5. The van der Waals surface area contributed by atoms with Gasteiger partial charge in [0.25, 0.3) is 0 Å². The monoisotopic (exact) mass is 430 g/mol. The molecule has 0 radical (unpaired) electrons. The summed E-state index contributed by atoms with van der Waals surface area (Å²) in [7, 11) is -0.409. The fourth-order valence-electron chi connectivity index (χ4n) is 3.64. The van der Waals surface area contributed by atoms with Crippen molar-refractivity contribution in [3.8, 4) is 0 Å². The SMILES string of the molecule is CC(C)(C)OC(=O)N[C@@H]1CCN(C(=O)Cc2ccc(B3OC(C)(C)C(C)(C)O3)cc2)C1. The van der Waals surface area contributed by atoms with Crippen LogP contribution in [0, 0.1) is 0 Å². The van der Waals surface area contributed by atoms with E-state index in [1.54, 1.807) is 4.90 Å². The largest absolute Gasteiger partial charge is 0.494 e. The fourth-order valence-corrected chi connectivity index (χ4v) is 3.64. The minimum absolute atomic E-state index is 0.0527. The van der Waals surface area contributed by atoms with Gasteiger partial charge >= 0.3 is 13.2 Å². The van der Waals surface area contributed by atoms with Crippen molar-refractivity contribution in [3.63, 3.8) is 0 Å². The molecular formula is C23H35BN2O5. The number of likely N-dealkylation sites (tertiary alicyclic amines) is 1. The number of benzene rings is 1. The second-order valence-corrected chi connectivity index (χ2v) is 10.5. The van der Waals surface area contributed by atoms with Gasteiger partial charge in [0, 0.05) is 13.1 Å². The number of rotatable bonds is 4. The summed E-state index contributed by atoms with van der Waals surface area (Å²) in [5.74, 6) is 0.0527. The first-order valence-electron chi connectivity index (χ1n) is 11.0. The molecule has 0 spiro atoms. The second-order valence-electron chi connectivity index (χ2n) is 10.5. The number of hydrogen-bond donors (Lipinski definition) is 1. The van der Waals surface area contributed by atoms with Crippen LogP contribution in [0.3, 0.4) is 0 Å². The number of carbonyl (C=O) groups excluding carboxylic acids is 2. The molecule has 1 aromatic carbocycles. The van der Waals surface area contributed by atoms with Crippen LogP contribution >= 0.6 is 0 Å². The Balaban J connectivity index is 1.51. The van der Waals surface area contributed by atoms with Gasteiger partial charge < -0.3 is 24.3 Å². The van der Waals surface area contributed by atoms with Crippen LogP contribution in [-0.2, 0) is 25.3 Å². The summed E-state index contributed by atoms with van der Waals surface area (Å²) in [6, 6.07) is 7.74. The van der Waals surface area contributed by atoms with E-state index in [1.165, 1.54) is 0 Å². The third-order valence-electron chi connectivity index (χ3n) is 6.12. The standard InChI is InChI=1S/C23H35BN2O5/c1-21(2,3)29-20(28)25-18-12-13-26(15-18)19(27)14-16-8-10-17(11-9-16)24-30-22(4,5)23(6,7)31-24/h8-11,18H,12-15H2,1-7H3,(H,25,28)/t18-/m1/s1. The molecular weight excluding hydrogens is 395 g/mol. The van der Waals surface area contributed by atoms with Gasteiger partial charge in [0.15, 0.2) is 0 Å². The Morgan fingerprint density at radius 1 is 1.13 bits per heavy atom. The quantitative estimate of drug-likeness (QED) is 0.744. The van der Waals surface area contributed by atoms with Crippen molar-refractivity contribution in [2.45, 2.75) is 84.2 Å². The van der Waals surface area contributed by atoms with Crippen LogP contribution in [0.1, 0.15) is 60.5 Å². The summed E-state index contributed by atoms with van der Waals surface area (Å²) in [4.78, 5) is 26.5. The Kier molecular flexibility index (Phi) is 6.45. The van der Waals surface area contributed by atoms with Crippen molar-refractivity contribution >= 4 is 24.6 Å². The van der Waals surface area contributed by atoms with E-state index in [4.69, 9.17) is 14.0 Å². The molecule has 0 unspecified atom stereocenters. The molecule has 2 fully saturated rings. The number of alkyl carbamates (subject to hydrolysis) is 1. The second kappa shape index (κ2) is 8.47. The lowest BCUT2D eigenvalue weighted by atomic mass is 9.79. The third-order valence-corrected chi connectivity index (χ3v) is 6.12. The van der Waals surface area contributed by atoms with Crippen LogP contribution in [0.25, 0.3) is 0 Å². The zero-order chi connectivity index (χ0) is 23.0. The maximum absolute atomic E-state index is 12.7. The van der Waals surface area contributed by atoms with Crippen LogP contribution in [0.2, 0.25) is 0 Å². The average Bonchev–Trinajstić information content (AvgIpc) is 3.16. The lowest BCUT2D eigenvalue weighted by Gasteiger charge is -2.32. The molecule has 2 saturated heterocycles. The average molecular weight is 430 g/mol. The summed E-state index contributed by atoms with van der Waals surface area (Å²) in [5, 5.41) is 2.85. The van der Waals surface area contributed by atoms with E-state index in [0.29, 0.717) is 19.5 Å². The van der Waals surface area contributed by atoms with Gasteiger partial charge in [-0.15, -0.1) is 0 Å². The highest BCUT2D eigenvalue weighted by atomic mass is 16.7. The minimum atomic E-state index is -0.537. The molecule has 0 aliphatic carbocycles. The Bertz CT molecular complexity index is 800. The Hall–Kier alpha value is -2.06. The van der Waals surface area contributed by atoms with Gasteiger partial charge in [-0.05, 0) is 65.9 Å². The zero-order valence-electron chi connectivity index (χ0n) is 19.8. The highest BCUT2D eigenvalue weighted by molar-refractivity contribution is 6.62. The Morgan fingerprint density at radius 2 is 1.71 bits per heavy atom. The van der Waals surface area contributed by atoms with Crippen molar-refractivity contribution in [3.05, 3.63) is 29.8 Å². The molecule has 1 aromatic rings. The molecule has 31 heavy (non-hydrogen) atoms. The third kappa shape index (κ3) is 5.80. The molecule has 170 valence electrons. The van der Waals surface area contributed by atoms with Crippen molar-refractivity contribution < 1.29 is 23.6 Å². The first-order valence-corrected chi connectivity index (χ1v) is 11.0. The Labute approximate surface area is 185 Å². The van der Waals surface area contributed by atoms with E-state index in [-0.39, 0.29) is 23.2 Å². The van der Waals surface area contributed by atoms with Crippen molar-refractivity contribution in [2.24, 2.45) is 0 Å². The van der Waals surface area contributed by atoms with E-state index in [0.717, 1.165) is 17.4 Å². The number of nitrogens with one attached hydrogen (secondary N) is 1. The fraction of sp³-hybridized carbons (Fsp3) is 0.652. The first-order chi connectivity index (χ1) is 14.3. The topological polar surface area (TPSA) is 77.1 Å². The number of amides is 2. The van der Waals surface area contributed by atoms with E-state index in [2.05, 4.69) is 5.32 Å². The summed E-state index contributed by atoms with van der Waals surface area (Å²) < 4.78 is 17.5. The van der Waals surface area contributed by atoms with Crippen LogP contribution in [-0.4, -0.2) is 60.0 Å². The van der Waals surface area contributed by atoms with Crippen LogP contribution in [0.15, 0.2) is 24.3 Å². The molecule has 2 aliphatic rings.